The zero-order valence-corrected chi connectivity index (χ0v) is 8.60. The third-order valence-electron chi connectivity index (χ3n) is 0.835. The van der Waals surface area contributed by atoms with Crippen molar-refractivity contribution in [2.24, 2.45) is 0 Å². The van der Waals surface area contributed by atoms with Crippen LogP contribution < -0.4 is 4.33 Å². The number of carboxylic acids is 1. The third kappa shape index (κ3) is 5.16. The Labute approximate surface area is 77.7 Å². The van der Waals surface area contributed by atoms with Crippen LogP contribution in [0, 0.1) is 10.7 Å². The number of rotatable bonds is 4. The number of thiol groups is 1. The summed E-state index contributed by atoms with van der Waals surface area (Å²) >= 11 is 3.77. The van der Waals surface area contributed by atoms with Crippen LogP contribution >= 0.6 is 12.6 Å². The van der Waals surface area contributed by atoms with E-state index < -0.39 is 12.0 Å². The van der Waals surface area contributed by atoms with Gasteiger partial charge in [0.15, 0.2) is 0 Å². The number of hydrogen-bond acceptors (Lipinski definition) is 3. The second kappa shape index (κ2) is 6.56. The van der Waals surface area contributed by atoms with Gasteiger partial charge in [-0.05, 0) is 0 Å². The summed E-state index contributed by atoms with van der Waals surface area (Å²) in [7, 11) is 0. The summed E-state index contributed by atoms with van der Waals surface area (Å²) in [6.45, 7) is 1.72. The summed E-state index contributed by atoms with van der Waals surface area (Å²) in [6.07, 6.45) is 0. The van der Waals surface area contributed by atoms with E-state index in [9.17, 15) is 4.79 Å². The summed E-state index contributed by atoms with van der Waals surface area (Å²) in [5.74, 6) is 2.10. The topological polar surface area (TPSA) is 49.3 Å². The first-order valence-corrected chi connectivity index (χ1v) is 5.23. The number of aliphatic carboxylic acids is 1. The molecule has 1 atom stereocenters. The van der Waals surface area contributed by atoms with Crippen LogP contribution in [0.3, 0.4) is 0 Å². The van der Waals surface area contributed by atoms with Crippen molar-refractivity contribution >= 4 is 33.8 Å². The van der Waals surface area contributed by atoms with Crippen LogP contribution in [-0.4, -0.2) is 38.0 Å². The maximum atomic E-state index is 10.4. The van der Waals surface area contributed by atoms with Gasteiger partial charge in [0.1, 0.15) is 0 Å². The second-order valence-corrected chi connectivity index (χ2v) is 3.36. The molecule has 62 valence electrons. The average molecular weight is 238 g/mol. The van der Waals surface area contributed by atoms with Gasteiger partial charge in [0, 0.05) is 0 Å². The molecule has 0 aromatic heterocycles. The van der Waals surface area contributed by atoms with E-state index in [-0.39, 0.29) is 15.2 Å². The van der Waals surface area contributed by atoms with Crippen LogP contribution in [0.25, 0.3) is 0 Å². The Hall–Kier alpha value is -0.141. The third-order valence-corrected chi connectivity index (χ3v) is 2.69. The molecule has 0 radical (unpaired) electrons. The quantitative estimate of drug-likeness (QED) is 0.353. The van der Waals surface area contributed by atoms with Crippen molar-refractivity contribution in [2.45, 2.75) is 13.0 Å². The Bertz CT molecular complexity index is 187. The minimum absolute atomic E-state index is 0.111. The zero-order chi connectivity index (χ0) is 8.69. The van der Waals surface area contributed by atoms with Crippen molar-refractivity contribution in [1.82, 2.24) is 4.33 Å². The van der Waals surface area contributed by atoms with E-state index in [0.717, 1.165) is 0 Å². The van der Waals surface area contributed by atoms with Crippen LogP contribution in [0.1, 0.15) is 6.92 Å². The molecule has 0 amide bonds. The first-order chi connectivity index (χ1) is 5.22. The Morgan fingerprint density at radius 1 is 1.91 bits per heavy atom. The molecule has 0 bridgehead atoms. The Morgan fingerprint density at radius 3 is 2.91 bits per heavy atom. The van der Waals surface area contributed by atoms with Crippen molar-refractivity contribution in [3.05, 3.63) is 0 Å². The van der Waals surface area contributed by atoms with E-state index in [0.29, 0.717) is 5.75 Å². The molecule has 2 N–H and O–H groups in total. The van der Waals surface area contributed by atoms with Gasteiger partial charge in [-0.3, -0.25) is 0 Å². The van der Waals surface area contributed by atoms with Gasteiger partial charge in [-0.1, -0.05) is 0 Å². The average Bonchev–Trinajstić information content (AvgIpc) is 1.97. The van der Waals surface area contributed by atoms with Gasteiger partial charge in [-0.25, -0.2) is 0 Å². The molecule has 3 nitrogen and oxygen atoms in total. The van der Waals surface area contributed by atoms with Gasteiger partial charge >= 0.3 is 77.5 Å². The van der Waals surface area contributed by atoms with Crippen molar-refractivity contribution in [3.8, 4) is 10.7 Å². The molecule has 0 saturated carbocycles. The zero-order valence-electron chi connectivity index (χ0n) is 6.00. The SMILES string of the molecule is CC#C[Se]NC(CS)C(=O)O. The van der Waals surface area contributed by atoms with Crippen LogP contribution in [0.15, 0.2) is 0 Å². The van der Waals surface area contributed by atoms with Crippen LogP contribution in [0.5, 0.6) is 0 Å². The molecule has 0 rings (SSSR count). The molecule has 0 aliphatic carbocycles. The van der Waals surface area contributed by atoms with Crippen molar-refractivity contribution in [3.63, 3.8) is 0 Å². The molecule has 0 aromatic carbocycles. The van der Waals surface area contributed by atoms with Gasteiger partial charge in [0.25, 0.3) is 0 Å². The molecule has 0 heterocycles. The van der Waals surface area contributed by atoms with Gasteiger partial charge in [0.05, 0.1) is 0 Å². The normalized spacial score (nSPS) is 11.5. The standard InChI is InChI=1S/C6H9NO2SSe/c1-2-3-11-7-5(4-10)6(8)9/h5,7,10H,4H2,1H3,(H,8,9). The second-order valence-electron chi connectivity index (χ2n) is 1.65. The van der Waals surface area contributed by atoms with Crippen molar-refractivity contribution in [2.75, 3.05) is 5.75 Å². The molecule has 11 heavy (non-hydrogen) atoms. The summed E-state index contributed by atoms with van der Waals surface area (Å²) in [5, 5.41) is 8.52. The molecule has 0 aliphatic rings. The fourth-order valence-electron chi connectivity index (χ4n) is 0.317. The molecule has 5 heteroatoms. The van der Waals surface area contributed by atoms with Crippen LogP contribution in [-0.2, 0) is 4.79 Å². The van der Waals surface area contributed by atoms with E-state index in [2.05, 4.69) is 27.7 Å². The molecule has 0 aliphatic heterocycles. The molecule has 0 saturated heterocycles. The van der Waals surface area contributed by atoms with E-state index in [1.54, 1.807) is 6.92 Å². The predicted octanol–water partition coefficient (Wildman–Crippen LogP) is -0.441. The molecule has 1 unspecified atom stereocenters. The van der Waals surface area contributed by atoms with Crippen LogP contribution in [0.4, 0.5) is 0 Å². The summed E-state index contributed by atoms with van der Waals surface area (Å²) in [6, 6.07) is -0.570. The molecule has 0 fully saturated rings. The minimum atomic E-state index is -0.875. The first kappa shape index (κ1) is 10.9. The molecular formula is C6H9NO2SSe. The van der Waals surface area contributed by atoms with E-state index in [4.69, 9.17) is 5.11 Å². The molecule has 0 aromatic rings. The Kier molecular flexibility index (Phi) is 6.48. The molecular weight excluding hydrogens is 229 g/mol. The van der Waals surface area contributed by atoms with Crippen LogP contribution in [0.2, 0.25) is 0 Å². The number of carbonyl (C=O) groups is 1. The van der Waals surface area contributed by atoms with Crippen molar-refractivity contribution < 1.29 is 9.90 Å². The summed E-state index contributed by atoms with van der Waals surface area (Å²) in [5.41, 5.74) is 0. The monoisotopic (exact) mass is 239 g/mol. The van der Waals surface area contributed by atoms with Gasteiger partial charge < -0.3 is 0 Å². The maximum absolute atomic E-state index is 10.4. The van der Waals surface area contributed by atoms with E-state index in [1.165, 1.54) is 0 Å². The van der Waals surface area contributed by atoms with E-state index in [1.807, 2.05) is 0 Å². The summed E-state index contributed by atoms with van der Waals surface area (Å²) in [4.78, 5) is 13.1. The first-order valence-electron chi connectivity index (χ1n) is 2.89. The van der Waals surface area contributed by atoms with Gasteiger partial charge in [0.2, 0.25) is 0 Å². The number of carboxylic acid groups (broad SMARTS) is 1. The van der Waals surface area contributed by atoms with Gasteiger partial charge in [-0.15, -0.1) is 0 Å². The van der Waals surface area contributed by atoms with Gasteiger partial charge in [-0.2, -0.15) is 0 Å². The Balaban J connectivity index is 3.67. The fraction of sp³-hybridized carbons (Fsp3) is 0.500. The molecule has 0 spiro atoms. The van der Waals surface area contributed by atoms with E-state index >= 15 is 0 Å². The Morgan fingerprint density at radius 2 is 2.55 bits per heavy atom. The summed E-state index contributed by atoms with van der Waals surface area (Å²) < 4.78 is 2.78. The number of nitrogens with one attached hydrogen (secondary N) is 1. The fourth-order valence-corrected chi connectivity index (χ4v) is 1.87. The number of hydrogen-bond donors (Lipinski definition) is 3. The predicted molar refractivity (Wildman–Crippen MR) is 47.6 cm³/mol. The van der Waals surface area contributed by atoms with Crippen molar-refractivity contribution in [1.29, 1.82) is 0 Å².